The number of hydrogen-bond donors (Lipinski definition) is 1. The Kier molecular flexibility index (Phi) is 6.91. The lowest BCUT2D eigenvalue weighted by molar-refractivity contribution is -0.139. The molecule has 6 nitrogen and oxygen atoms in total. The van der Waals surface area contributed by atoms with Crippen molar-refractivity contribution in [2.45, 2.75) is 26.0 Å². The average molecular weight is 470 g/mol. The fourth-order valence-electron chi connectivity index (χ4n) is 3.82. The molecule has 0 amide bonds. The van der Waals surface area contributed by atoms with Crippen LogP contribution in [0.15, 0.2) is 60.7 Å². The van der Waals surface area contributed by atoms with Crippen LogP contribution in [-0.4, -0.2) is 28.8 Å². The first-order chi connectivity index (χ1) is 15.9. The number of rotatable bonds is 6. The van der Waals surface area contributed by atoms with E-state index in [-0.39, 0.29) is 25.4 Å². The number of carbonyl (C=O) groups excluding carboxylic acids is 1. The van der Waals surface area contributed by atoms with Crippen LogP contribution in [0.1, 0.15) is 22.3 Å². The van der Waals surface area contributed by atoms with Crippen molar-refractivity contribution in [3.8, 4) is 11.1 Å². The van der Waals surface area contributed by atoms with Gasteiger partial charge in [0, 0.05) is 11.6 Å². The van der Waals surface area contributed by atoms with Crippen molar-refractivity contribution < 1.29 is 28.7 Å². The minimum absolute atomic E-state index is 0.0885. The van der Waals surface area contributed by atoms with Crippen molar-refractivity contribution in [3.05, 3.63) is 93.8 Å². The number of ether oxygens (including phenoxy) is 1. The molecule has 0 spiro atoms. The van der Waals surface area contributed by atoms with Gasteiger partial charge in [0.1, 0.15) is 12.4 Å². The zero-order valence-corrected chi connectivity index (χ0v) is 18.3. The Labute approximate surface area is 195 Å². The van der Waals surface area contributed by atoms with E-state index >= 15 is 0 Å². The van der Waals surface area contributed by atoms with Gasteiger partial charge in [-0.3, -0.25) is 4.79 Å². The molecule has 0 aliphatic carbocycles. The molecule has 1 heterocycles. The molecule has 1 aliphatic rings. The van der Waals surface area contributed by atoms with Gasteiger partial charge in [0.2, 0.25) is 0 Å². The van der Waals surface area contributed by atoms with Crippen LogP contribution < -0.4 is 0 Å². The predicted molar refractivity (Wildman–Crippen MR) is 120 cm³/mol. The van der Waals surface area contributed by atoms with E-state index in [1.54, 1.807) is 24.3 Å². The Morgan fingerprint density at radius 1 is 1.06 bits per heavy atom. The summed E-state index contributed by atoms with van der Waals surface area (Å²) in [6.07, 6.45) is -0.666. The van der Waals surface area contributed by atoms with E-state index in [0.29, 0.717) is 34.7 Å². The number of carbonyl (C=O) groups is 2. The molecule has 1 aliphatic heterocycles. The van der Waals surface area contributed by atoms with Gasteiger partial charge in [0.15, 0.2) is 0 Å². The van der Waals surface area contributed by atoms with Gasteiger partial charge in [-0.15, -0.1) is 5.06 Å². The predicted octanol–water partition coefficient (Wildman–Crippen LogP) is 5.40. The SMILES string of the molecule is O=C(O)Cc1ccc(-c2ccc(F)c3c2CN(OC(=O)OCc2ccccc2)CC3)cc1Cl. The van der Waals surface area contributed by atoms with Gasteiger partial charge in [0.25, 0.3) is 0 Å². The minimum atomic E-state index is -0.976. The molecule has 3 aromatic rings. The fourth-order valence-corrected chi connectivity index (χ4v) is 4.07. The second-order valence-electron chi connectivity index (χ2n) is 7.66. The van der Waals surface area contributed by atoms with Crippen LogP contribution in [0, 0.1) is 5.82 Å². The first-order valence-electron chi connectivity index (χ1n) is 10.3. The number of hydroxylamine groups is 2. The van der Waals surface area contributed by atoms with Crippen LogP contribution in [0.4, 0.5) is 9.18 Å². The standard InChI is InChI=1S/C25H21ClFNO5/c26-22-12-17(6-7-18(22)13-24(29)30)19-8-9-23(27)20-10-11-28(14-21(19)20)33-25(31)32-15-16-4-2-1-3-5-16/h1-9,12H,10-11,13-15H2,(H,29,30). The van der Waals surface area contributed by atoms with E-state index in [9.17, 15) is 14.0 Å². The number of halogens is 2. The second kappa shape index (κ2) is 10.0. The summed E-state index contributed by atoms with van der Waals surface area (Å²) >= 11 is 6.29. The van der Waals surface area contributed by atoms with Gasteiger partial charge >= 0.3 is 12.1 Å². The highest BCUT2D eigenvalue weighted by molar-refractivity contribution is 6.31. The molecular weight excluding hydrogens is 449 g/mol. The van der Waals surface area contributed by atoms with Crippen LogP contribution in [-0.2, 0) is 40.4 Å². The fraction of sp³-hybridized carbons (Fsp3) is 0.200. The van der Waals surface area contributed by atoms with Crippen LogP contribution in [0.25, 0.3) is 11.1 Å². The van der Waals surface area contributed by atoms with Crippen molar-refractivity contribution >= 4 is 23.7 Å². The van der Waals surface area contributed by atoms with Gasteiger partial charge in [-0.05, 0) is 51.9 Å². The van der Waals surface area contributed by atoms with E-state index in [1.807, 2.05) is 30.3 Å². The quantitative estimate of drug-likeness (QED) is 0.487. The monoisotopic (exact) mass is 469 g/mol. The molecule has 0 bridgehead atoms. The second-order valence-corrected chi connectivity index (χ2v) is 8.07. The molecular formula is C25H21ClFNO5. The number of carboxylic acid groups (broad SMARTS) is 1. The van der Waals surface area contributed by atoms with Crippen molar-refractivity contribution in [3.63, 3.8) is 0 Å². The molecule has 0 atom stereocenters. The molecule has 0 aromatic heterocycles. The Bertz CT molecular complexity index is 1180. The number of hydrogen-bond acceptors (Lipinski definition) is 5. The van der Waals surface area contributed by atoms with Gasteiger partial charge < -0.3 is 14.7 Å². The molecule has 1 N–H and O–H groups in total. The Hall–Kier alpha value is -3.42. The maximum absolute atomic E-state index is 14.5. The van der Waals surface area contributed by atoms with E-state index in [2.05, 4.69) is 0 Å². The summed E-state index contributed by atoms with van der Waals surface area (Å²) in [6.45, 7) is 0.592. The van der Waals surface area contributed by atoms with Gasteiger partial charge in [-0.2, -0.15) is 0 Å². The molecule has 4 rings (SSSR count). The molecule has 8 heteroatoms. The molecule has 0 saturated carbocycles. The minimum Gasteiger partial charge on any atom is -0.481 e. The third kappa shape index (κ3) is 5.50. The molecule has 33 heavy (non-hydrogen) atoms. The maximum atomic E-state index is 14.5. The summed E-state index contributed by atoms with van der Waals surface area (Å²) in [5, 5.41) is 10.8. The van der Waals surface area contributed by atoms with E-state index in [1.165, 1.54) is 11.1 Å². The highest BCUT2D eigenvalue weighted by Gasteiger charge is 2.26. The van der Waals surface area contributed by atoms with Crippen molar-refractivity contribution in [1.29, 1.82) is 0 Å². The number of fused-ring (bicyclic) bond motifs is 1. The zero-order chi connectivity index (χ0) is 23.4. The summed E-state index contributed by atoms with van der Waals surface area (Å²) in [6, 6.07) is 17.4. The number of nitrogens with zero attached hydrogens (tertiary/aromatic N) is 1. The molecule has 170 valence electrons. The summed E-state index contributed by atoms with van der Waals surface area (Å²) in [5.41, 5.74) is 4.02. The lowest BCUT2D eigenvalue weighted by Gasteiger charge is -2.29. The summed E-state index contributed by atoms with van der Waals surface area (Å²) in [4.78, 5) is 28.5. The third-order valence-corrected chi connectivity index (χ3v) is 5.78. The number of carboxylic acids is 1. The van der Waals surface area contributed by atoms with Gasteiger partial charge in [-0.1, -0.05) is 60.1 Å². The average Bonchev–Trinajstić information content (AvgIpc) is 2.80. The van der Waals surface area contributed by atoms with E-state index in [4.69, 9.17) is 26.3 Å². The molecule has 0 radical (unpaired) electrons. The largest absolute Gasteiger partial charge is 0.528 e. The lowest BCUT2D eigenvalue weighted by Crippen LogP contribution is -2.34. The van der Waals surface area contributed by atoms with E-state index in [0.717, 1.165) is 16.7 Å². The van der Waals surface area contributed by atoms with Crippen LogP contribution in [0.3, 0.4) is 0 Å². The Balaban J connectivity index is 1.51. The molecule has 0 unspecified atom stereocenters. The van der Waals surface area contributed by atoms with Crippen molar-refractivity contribution in [1.82, 2.24) is 5.06 Å². The van der Waals surface area contributed by atoms with Crippen molar-refractivity contribution in [2.75, 3.05) is 6.54 Å². The number of benzene rings is 3. The van der Waals surface area contributed by atoms with Crippen LogP contribution in [0.5, 0.6) is 0 Å². The van der Waals surface area contributed by atoms with E-state index < -0.39 is 12.1 Å². The van der Waals surface area contributed by atoms with Crippen LogP contribution in [0.2, 0.25) is 5.02 Å². The number of aliphatic carboxylic acids is 1. The highest BCUT2D eigenvalue weighted by Crippen LogP contribution is 2.34. The summed E-state index contributed by atoms with van der Waals surface area (Å²) < 4.78 is 19.7. The summed E-state index contributed by atoms with van der Waals surface area (Å²) in [7, 11) is 0. The topological polar surface area (TPSA) is 76.1 Å². The Morgan fingerprint density at radius 3 is 2.58 bits per heavy atom. The van der Waals surface area contributed by atoms with Gasteiger partial charge in [-0.25, -0.2) is 9.18 Å². The molecule has 3 aromatic carbocycles. The summed E-state index contributed by atoms with van der Waals surface area (Å²) in [5.74, 6) is -1.30. The molecule has 0 fully saturated rings. The normalized spacial score (nSPS) is 13.3. The lowest BCUT2D eigenvalue weighted by atomic mass is 9.91. The molecule has 0 saturated heterocycles. The maximum Gasteiger partial charge on any atom is 0.528 e. The highest BCUT2D eigenvalue weighted by atomic mass is 35.5. The smallest absolute Gasteiger partial charge is 0.481 e. The van der Waals surface area contributed by atoms with Crippen molar-refractivity contribution in [2.24, 2.45) is 0 Å². The third-order valence-electron chi connectivity index (χ3n) is 5.43. The van der Waals surface area contributed by atoms with Gasteiger partial charge in [0.05, 0.1) is 13.0 Å². The first kappa shape index (κ1) is 22.8. The van der Waals surface area contributed by atoms with Crippen LogP contribution >= 0.6 is 11.6 Å². The Morgan fingerprint density at radius 2 is 1.85 bits per heavy atom. The first-order valence-corrected chi connectivity index (χ1v) is 10.7. The zero-order valence-electron chi connectivity index (χ0n) is 17.6.